The van der Waals surface area contributed by atoms with Crippen molar-refractivity contribution in [3.63, 3.8) is 0 Å². The Bertz CT molecular complexity index is 559. The summed E-state index contributed by atoms with van der Waals surface area (Å²) in [4.78, 5) is 11.9. The van der Waals surface area contributed by atoms with Crippen molar-refractivity contribution in [2.45, 2.75) is 25.6 Å². The number of hydrogen-bond donors (Lipinski definition) is 2. The summed E-state index contributed by atoms with van der Waals surface area (Å²) in [6.45, 7) is 3.08. The van der Waals surface area contributed by atoms with Crippen molar-refractivity contribution in [1.29, 1.82) is 5.26 Å². The van der Waals surface area contributed by atoms with Crippen LogP contribution in [0, 0.1) is 11.3 Å². The lowest BCUT2D eigenvalue weighted by atomic mass is 10.0. The van der Waals surface area contributed by atoms with Crippen LogP contribution in [0.15, 0.2) is 18.2 Å². The minimum atomic E-state index is -4.65. The molecule has 0 atom stereocenters. The fourth-order valence-electron chi connectivity index (χ4n) is 1.35. The monoisotopic (exact) mass is 285 g/mol. The molecule has 0 heterocycles. The second kappa shape index (κ2) is 5.51. The molecule has 1 aromatic carbocycles. The first-order chi connectivity index (χ1) is 9.11. The lowest BCUT2D eigenvalue weighted by Gasteiger charge is -2.24. The van der Waals surface area contributed by atoms with E-state index < -0.39 is 23.2 Å². The third-order valence-electron chi connectivity index (χ3n) is 2.89. The molecule has 0 aromatic heterocycles. The second-order valence-electron chi connectivity index (χ2n) is 4.70. The van der Waals surface area contributed by atoms with Gasteiger partial charge >= 0.3 is 6.18 Å². The van der Waals surface area contributed by atoms with Gasteiger partial charge in [0.15, 0.2) is 0 Å². The van der Waals surface area contributed by atoms with Gasteiger partial charge in [-0.15, -0.1) is 0 Å². The molecule has 1 aromatic rings. The van der Waals surface area contributed by atoms with E-state index in [1.54, 1.807) is 19.9 Å². The number of nitrogens with zero attached hydrogens (tertiary/aromatic N) is 1. The molecular weight excluding hydrogens is 271 g/mol. The van der Waals surface area contributed by atoms with Gasteiger partial charge in [0.05, 0.1) is 28.4 Å². The minimum Gasteiger partial charge on any atom is -0.324 e. The van der Waals surface area contributed by atoms with Crippen molar-refractivity contribution >= 4 is 11.6 Å². The van der Waals surface area contributed by atoms with Crippen LogP contribution in [0.25, 0.3) is 0 Å². The van der Waals surface area contributed by atoms with Gasteiger partial charge in [0.1, 0.15) is 0 Å². The first kappa shape index (κ1) is 16.0. The fourth-order valence-corrected chi connectivity index (χ4v) is 1.35. The molecule has 0 saturated heterocycles. The minimum absolute atomic E-state index is 0.122. The van der Waals surface area contributed by atoms with E-state index in [9.17, 15) is 18.0 Å². The van der Waals surface area contributed by atoms with Gasteiger partial charge in [0.25, 0.3) is 0 Å². The molecule has 20 heavy (non-hydrogen) atoms. The zero-order chi connectivity index (χ0) is 15.6. The first-order valence-electron chi connectivity index (χ1n) is 5.73. The average Bonchev–Trinajstić information content (AvgIpc) is 2.37. The van der Waals surface area contributed by atoms with Gasteiger partial charge in [-0.3, -0.25) is 4.79 Å². The van der Waals surface area contributed by atoms with E-state index in [1.807, 2.05) is 0 Å². The molecule has 1 rings (SSSR count). The van der Waals surface area contributed by atoms with Gasteiger partial charge < -0.3 is 10.6 Å². The largest absolute Gasteiger partial charge is 0.418 e. The normalized spacial score (nSPS) is 11.8. The van der Waals surface area contributed by atoms with Crippen LogP contribution in [0.5, 0.6) is 0 Å². The van der Waals surface area contributed by atoms with Crippen LogP contribution >= 0.6 is 0 Å². The molecular formula is C13H14F3N3O. The Morgan fingerprint density at radius 2 is 1.90 bits per heavy atom. The molecule has 2 N–H and O–H groups in total. The molecule has 0 aliphatic heterocycles. The van der Waals surface area contributed by atoms with Gasteiger partial charge in [-0.25, -0.2) is 0 Å². The van der Waals surface area contributed by atoms with Crippen LogP contribution in [0.3, 0.4) is 0 Å². The highest BCUT2D eigenvalue weighted by atomic mass is 19.4. The molecule has 0 aliphatic rings. The molecule has 0 unspecified atom stereocenters. The topological polar surface area (TPSA) is 64.9 Å². The summed E-state index contributed by atoms with van der Waals surface area (Å²) in [6.07, 6.45) is -4.65. The maximum Gasteiger partial charge on any atom is 0.418 e. The first-order valence-corrected chi connectivity index (χ1v) is 5.73. The molecule has 0 saturated carbocycles. The zero-order valence-corrected chi connectivity index (χ0v) is 11.2. The van der Waals surface area contributed by atoms with Crippen LogP contribution in [0.1, 0.15) is 25.0 Å². The maximum absolute atomic E-state index is 12.9. The van der Waals surface area contributed by atoms with Gasteiger partial charge in [0, 0.05) is 0 Å². The van der Waals surface area contributed by atoms with E-state index >= 15 is 0 Å². The molecule has 4 nitrogen and oxygen atoms in total. The summed E-state index contributed by atoms with van der Waals surface area (Å²) >= 11 is 0. The lowest BCUT2D eigenvalue weighted by Crippen LogP contribution is -2.48. The molecule has 1 amide bonds. The Morgan fingerprint density at radius 1 is 1.30 bits per heavy atom. The highest BCUT2D eigenvalue weighted by Gasteiger charge is 2.35. The van der Waals surface area contributed by atoms with Crippen LogP contribution in [-0.4, -0.2) is 18.5 Å². The van der Waals surface area contributed by atoms with E-state index in [2.05, 4.69) is 10.6 Å². The third kappa shape index (κ3) is 3.48. The number of amides is 1. The fraction of sp³-hybridized carbons (Fsp3) is 0.385. The third-order valence-corrected chi connectivity index (χ3v) is 2.89. The number of rotatable bonds is 3. The Labute approximate surface area is 114 Å². The van der Waals surface area contributed by atoms with Crippen LogP contribution in [0.4, 0.5) is 18.9 Å². The summed E-state index contributed by atoms with van der Waals surface area (Å²) in [5, 5.41) is 13.6. The summed E-state index contributed by atoms with van der Waals surface area (Å²) in [5.41, 5.74) is -2.55. The van der Waals surface area contributed by atoms with E-state index in [-0.39, 0.29) is 11.3 Å². The van der Waals surface area contributed by atoms with Crippen molar-refractivity contribution in [2.24, 2.45) is 0 Å². The summed E-state index contributed by atoms with van der Waals surface area (Å²) < 4.78 is 38.8. The van der Waals surface area contributed by atoms with Crippen LogP contribution in [-0.2, 0) is 11.0 Å². The number of anilines is 1. The van der Waals surface area contributed by atoms with E-state index in [1.165, 1.54) is 13.1 Å². The number of halogens is 3. The second-order valence-corrected chi connectivity index (χ2v) is 4.70. The highest BCUT2D eigenvalue weighted by Crippen LogP contribution is 2.35. The van der Waals surface area contributed by atoms with Crippen molar-refractivity contribution in [3.8, 4) is 6.07 Å². The molecule has 0 fully saturated rings. The van der Waals surface area contributed by atoms with Gasteiger partial charge in [-0.1, -0.05) is 0 Å². The average molecular weight is 285 g/mol. The van der Waals surface area contributed by atoms with E-state index in [4.69, 9.17) is 5.26 Å². The molecule has 0 radical (unpaired) electrons. The smallest absolute Gasteiger partial charge is 0.324 e. The number of hydrogen-bond acceptors (Lipinski definition) is 3. The summed E-state index contributed by atoms with van der Waals surface area (Å²) in [7, 11) is 1.53. The number of likely N-dealkylation sites (N-methyl/N-ethyl adjacent to an activating group) is 1. The number of nitriles is 1. The van der Waals surface area contributed by atoms with Crippen LogP contribution in [0.2, 0.25) is 0 Å². The molecule has 0 spiro atoms. The number of carbonyl (C=O) groups excluding carboxylic acids is 1. The molecule has 108 valence electrons. The Balaban J connectivity index is 3.20. The van der Waals surface area contributed by atoms with Crippen molar-refractivity contribution < 1.29 is 18.0 Å². The summed E-state index contributed by atoms with van der Waals surface area (Å²) in [5.74, 6) is -0.602. The van der Waals surface area contributed by atoms with E-state index in [0.29, 0.717) is 6.07 Å². The highest BCUT2D eigenvalue weighted by molar-refractivity contribution is 5.98. The predicted molar refractivity (Wildman–Crippen MR) is 67.9 cm³/mol. The van der Waals surface area contributed by atoms with Crippen LogP contribution < -0.4 is 10.6 Å². The van der Waals surface area contributed by atoms with Gasteiger partial charge in [-0.05, 0) is 39.1 Å². The number of alkyl halides is 3. The lowest BCUT2D eigenvalue weighted by molar-refractivity contribution is -0.137. The van der Waals surface area contributed by atoms with Crippen molar-refractivity contribution in [2.75, 3.05) is 12.4 Å². The van der Waals surface area contributed by atoms with E-state index in [0.717, 1.165) is 6.07 Å². The quantitative estimate of drug-likeness (QED) is 0.897. The SMILES string of the molecule is CNC(C)(C)C(=O)Nc1ccc(C#N)cc1C(F)(F)F. The standard InChI is InChI=1S/C13H14F3N3O/c1-12(2,18-3)11(20)19-10-5-4-8(7-17)6-9(10)13(14,15)16/h4-6,18H,1-3H3,(H,19,20). The van der Waals surface area contributed by atoms with Crippen molar-refractivity contribution in [1.82, 2.24) is 5.32 Å². The van der Waals surface area contributed by atoms with Gasteiger partial charge in [-0.2, -0.15) is 18.4 Å². The zero-order valence-electron chi connectivity index (χ0n) is 11.2. The molecule has 0 bridgehead atoms. The Hall–Kier alpha value is -2.07. The number of benzene rings is 1. The van der Waals surface area contributed by atoms with Gasteiger partial charge in [0.2, 0.25) is 5.91 Å². The molecule has 7 heteroatoms. The predicted octanol–water partition coefficient (Wildman–Crippen LogP) is 2.51. The maximum atomic E-state index is 12.9. The Kier molecular flexibility index (Phi) is 4.40. The molecule has 0 aliphatic carbocycles. The number of carbonyl (C=O) groups is 1. The van der Waals surface area contributed by atoms with Crippen molar-refractivity contribution in [3.05, 3.63) is 29.3 Å². The Morgan fingerprint density at radius 3 is 2.35 bits per heavy atom. The summed E-state index contributed by atoms with van der Waals surface area (Å²) in [6, 6.07) is 4.64. The number of nitrogens with one attached hydrogen (secondary N) is 2.